The van der Waals surface area contributed by atoms with Gasteiger partial charge in [-0.15, -0.1) is 11.3 Å². The molecular formula is C8H10F3NS. The Morgan fingerprint density at radius 2 is 2.15 bits per heavy atom. The Morgan fingerprint density at radius 3 is 2.54 bits per heavy atom. The summed E-state index contributed by atoms with van der Waals surface area (Å²) >= 11 is 1.41. The molecule has 2 N–H and O–H groups in total. The minimum Gasteiger partial charge on any atom is -0.324 e. The summed E-state index contributed by atoms with van der Waals surface area (Å²) in [5.74, 6) is 0. The van der Waals surface area contributed by atoms with Gasteiger partial charge >= 0.3 is 6.18 Å². The van der Waals surface area contributed by atoms with Gasteiger partial charge in [-0.3, -0.25) is 0 Å². The Hall–Kier alpha value is -0.550. The molecule has 0 fully saturated rings. The van der Waals surface area contributed by atoms with Gasteiger partial charge in [-0.25, -0.2) is 0 Å². The molecule has 1 aromatic rings. The van der Waals surface area contributed by atoms with Crippen molar-refractivity contribution in [1.82, 2.24) is 0 Å². The first-order chi connectivity index (χ1) is 5.88. The van der Waals surface area contributed by atoms with E-state index in [4.69, 9.17) is 5.73 Å². The van der Waals surface area contributed by atoms with E-state index in [1.54, 1.807) is 11.4 Å². The van der Waals surface area contributed by atoms with Gasteiger partial charge in [0.1, 0.15) is 0 Å². The molecule has 0 aliphatic heterocycles. The van der Waals surface area contributed by atoms with Gasteiger partial charge in [-0.1, -0.05) is 0 Å². The molecule has 1 unspecified atom stereocenters. The van der Waals surface area contributed by atoms with E-state index in [1.807, 2.05) is 6.92 Å². The van der Waals surface area contributed by atoms with E-state index in [1.165, 1.54) is 11.3 Å². The van der Waals surface area contributed by atoms with Gasteiger partial charge in [0.05, 0.1) is 6.42 Å². The summed E-state index contributed by atoms with van der Waals surface area (Å²) in [6.45, 7) is 1.84. The molecule has 0 aromatic carbocycles. The van der Waals surface area contributed by atoms with Crippen molar-refractivity contribution in [1.29, 1.82) is 0 Å². The zero-order valence-electron chi connectivity index (χ0n) is 7.06. The maximum absolute atomic E-state index is 11.9. The number of thiophene rings is 1. The van der Waals surface area contributed by atoms with Crippen molar-refractivity contribution in [3.8, 4) is 0 Å². The van der Waals surface area contributed by atoms with E-state index in [-0.39, 0.29) is 0 Å². The SMILES string of the molecule is Cc1cc(C(N)CC(F)(F)F)cs1. The molecule has 1 atom stereocenters. The Balaban J connectivity index is 2.64. The fraction of sp³-hybridized carbons (Fsp3) is 0.500. The maximum Gasteiger partial charge on any atom is 0.390 e. The first-order valence-corrected chi connectivity index (χ1v) is 4.64. The standard InChI is InChI=1S/C8H10F3NS/c1-5-2-6(4-13-5)7(12)3-8(9,10)11/h2,4,7H,3,12H2,1H3. The molecule has 1 aromatic heterocycles. The van der Waals surface area contributed by atoms with Crippen LogP contribution < -0.4 is 5.73 Å². The monoisotopic (exact) mass is 209 g/mol. The topological polar surface area (TPSA) is 26.0 Å². The Morgan fingerprint density at radius 1 is 1.54 bits per heavy atom. The summed E-state index contributed by atoms with van der Waals surface area (Å²) in [4.78, 5) is 0.979. The zero-order valence-corrected chi connectivity index (χ0v) is 7.88. The Kier molecular flexibility index (Phi) is 2.98. The van der Waals surface area contributed by atoms with Crippen molar-refractivity contribution in [2.45, 2.75) is 25.6 Å². The van der Waals surface area contributed by atoms with Crippen LogP contribution in [0.4, 0.5) is 13.2 Å². The van der Waals surface area contributed by atoms with Gasteiger partial charge in [-0.05, 0) is 23.9 Å². The molecule has 0 aliphatic rings. The molecule has 5 heteroatoms. The van der Waals surface area contributed by atoms with Crippen LogP contribution in [0.1, 0.15) is 22.9 Å². The van der Waals surface area contributed by atoms with Gasteiger partial charge < -0.3 is 5.73 Å². The average molecular weight is 209 g/mol. The molecule has 74 valence electrons. The van der Waals surface area contributed by atoms with Crippen molar-refractivity contribution < 1.29 is 13.2 Å². The van der Waals surface area contributed by atoms with E-state index in [9.17, 15) is 13.2 Å². The van der Waals surface area contributed by atoms with E-state index >= 15 is 0 Å². The summed E-state index contributed by atoms with van der Waals surface area (Å²) in [7, 11) is 0. The quantitative estimate of drug-likeness (QED) is 0.796. The highest BCUT2D eigenvalue weighted by Gasteiger charge is 2.31. The number of alkyl halides is 3. The van der Waals surface area contributed by atoms with Crippen LogP contribution in [0.15, 0.2) is 11.4 Å². The van der Waals surface area contributed by atoms with Crippen molar-refractivity contribution >= 4 is 11.3 Å². The molecule has 0 radical (unpaired) electrons. The van der Waals surface area contributed by atoms with Gasteiger partial charge in [-0.2, -0.15) is 13.2 Å². The van der Waals surface area contributed by atoms with Crippen LogP contribution >= 0.6 is 11.3 Å². The van der Waals surface area contributed by atoms with Crippen molar-refractivity contribution in [3.63, 3.8) is 0 Å². The minimum atomic E-state index is -4.19. The lowest BCUT2D eigenvalue weighted by Gasteiger charge is -2.12. The highest BCUT2D eigenvalue weighted by atomic mass is 32.1. The van der Waals surface area contributed by atoms with Crippen molar-refractivity contribution in [3.05, 3.63) is 21.9 Å². The smallest absolute Gasteiger partial charge is 0.324 e. The highest BCUT2D eigenvalue weighted by Crippen LogP contribution is 2.29. The zero-order chi connectivity index (χ0) is 10.1. The van der Waals surface area contributed by atoms with Crippen LogP contribution in [0.5, 0.6) is 0 Å². The third-order valence-corrected chi connectivity index (χ3v) is 2.51. The third kappa shape index (κ3) is 3.36. The van der Waals surface area contributed by atoms with Crippen molar-refractivity contribution in [2.75, 3.05) is 0 Å². The molecule has 0 amide bonds. The second-order valence-corrected chi connectivity index (χ2v) is 4.03. The fourth-order valence-corrected chi connectivity index (χ4v) is 1.79. The number of hydrogen-bond donors (Lipinski definition) is 1. The van der Waals surface area contributed by atoms with E-state index in [0.717, 1.165) is 4.88 Å². The average Bonchev–Trinajstić information content (AvgIpc) is 2.31. The first kappa shape index (κ1) is 10.5. The Labute approximate surface area is 78.4 Å². The summed E-state index contributed by atoms with van der Waals surface area (Å²) in [6, 6.07) is 0.770. The molecule has 0 bridgehead atoms. The van der Waals surface area contributed by atoms with Gasteiger partial charge in [0.2, 0.25) is 0 Å². The fourth-order valence-electron chi connectivity index (χ4n) is 1.03. The predicted octanol–water partition coefficient (Wildman–Crippen LogP) is 3.01. The number of rotatable bonds is 2. The van der Waals surface area contributed by atoms with E-state index in [2.05, 4.69) is 0 Å². The molecule has 1 rings (SSSR count). The van der Waals surface area contributed by atoms with Crippen LogP contribution in [-0.2, 0) is 0 Å². The maximum atomic E-state index is 11.9. The predicted molar refractivity (Wildman–Crippen MR) is 46.7 cm³/mol. The minimum absolute atomic E-state index is 0.569. The Bertz CT molecular complexity index is 279. The van der Waals surface area contributed by atoms with Crippen LogP contribution in [0.25, 0.3) is 0 Å². The lowest BCUT2D eigenvalue weighted by Crippen LogP contribution is -2.19. The largest absolute Gasteiger partial charge is 0.390 e. The molecule has 0 spiro atoms. The van der Waals surface area contributed by atoms with Crippen LogP contribution in [-0.4, -0.2) is 6.18 Å². The summed E-state index contributed by atoms with van der Waals surface area (Å²) in [5.41, 5.74) is 5.95. The summed E-state index contributed by atoms with van der Waals surface area (Å²) in [5, 5.41) is 1.67. The number of aryl methyl sites for hydroxylation is 1. The van der Waals surface area contributed by atoms with Crippen molar-refractivity contribution in [2.24, 2.45) is 5.73 Å². The molecular weight excluding hydrogens is 199 g/mol. The summed E-state index contributed by atoms with van der Waals surface area (Å²) in [6.07, 6.45) is -5.14. The van der Waals surface area contributed by atoms with E-state index in [0.29, 0.717) is 5.56 Å². The molecule has 0 aliphatic carbocycles. The lowest BCUT2D eigenvalue weighted by atomic mass is 10.1. The molecule has 13 heavy (non-hydrogen) atoms. The number of halogens is 3. The lowest BCUT2D eigenvalue weighted by molar-refractivity contribution is -0.138. The highest BCUT2D eigenvalue weighted by molar-refractivity contribution is 7.10. The molecule has 0 saturated heterocycles. The molecule has 1 nitrogen and oxygen atoms in total. The van der Waals surface area contributed by atoms with Gasteiger partial charge in [0.15, 0.2) is 0 Å². The molecule has 1 heterocycles. The molecule has 0 saturated carbocycles. The number of nitrogens with two attached hydrogens (primary N) is 1. The first-order valence-electron chi connectivity index (χ1n) is 3.76. The second kappa shape index (κ2) is 3.67. The van der Waals surface area contributed by atoms with Gasteiger partial charge in [0.25, 0.3) is 0 Å². The second-order valence-electron chi connectivity index (χ2n) is 2.92. The van der Waals surface area contributed by atoms with Crippen LogP contribution in [0, 0.1) is 6.92 Å². The van der Waals surface area contributed by atoms with Crippen LogP contribution in [0.3, 0.4) is 0 Å². The third-order valence-electron chi connectivity index (χ3n) is 1.63. The number of hydrogen-bond acceptors (Lipinski definition) is 2. The normalized spacial score (nSPS) is 14.5. The summed E-state index contributed by atoms with van der Waals surface area (Å²) < 4.78 is 35.8. The van der Waals surface area contributed by atoms with Crippen LogP contribution in [0.2, 0.25) is 0 Å². The van der Waals surface area contributed by atoms with E-state index < -0.39 is 18.6 Å². The van der Waals surface area contributed by atoms with Gasteiger partial charge in [0, 0.05) is 10.9 Å².